The van der Waals surface area contributed by atoms with Crippen LogP contribution in [0.5, 0.6) is 17.2 Å². The van der Waals surface area contributed by atoms with Gasteiger partial charge in [0.2, 0.25) is 0 Å². The Morgan fingerprint density at radius 3 is 2.29 bits per heavy atom. The van der Waals surface area contributed by atoms with Crippen molar-refractivity contribution in [3.8, 4) is 17.2 Å². The van der Waals surface area contributed by atoms with Gasteiger partial charge < -0.3 is 24.3 Å². The van der Waals surface area contributed by atoms with Crippen LogP contribution in [0, 0.1) is 0 Å². The number of nitrogens with one attached hydrogen (secondary N) is 1. The average molecular weight is 295 g/mol. The zero-order valence-corrected chi connectivity index (χ0v) is 13.3. The molecule has 1 heterocycles. The first-order valence-electron chi connectivity index (χ1n) is 7.25. The molecular weight excluding hydrogens is 270 g/mol. The van der Waals surface area contributed by atoms with E-state index < -0.39 is 0 Å². The van der Waals surface area contributed by atoms with Crippen LogP contribution in [0.4, 0.5) is 0 Å². The predicted molar refractivity (Wildman–Crippen MR) is 81.4 cm³/mol. The fraction of sp³-hybridized carbons (Fsp3) is 0.625. The van der Waals surface area contributed by atoms with E-state index >= 15 is 0 Å². The summed E-state index contributed by atoms with van der Waals surface area (Å²) in [5.74, 6) is 2.24. The van der Waals surface area contributed by atoms with E-state index in [-0.39, 0.29) is 5.60 Å². The molecule has 1 aromatic rings. The fourth-order valence-electron chi connectivity index (χ4n) is 2.68. The van der Waals surface area contributed by atoms with Crippen LogP contribution in [-0.4, -0.2) is 40.1 Å². The molecule has 0 radical (unpaired) electrons. The lowest BCUT2D eigenvalue weighted by Gasteiger charge is -2.24. The third kappa shape index (κ3) is 3.80. The van der Waals surface area contributed by atoms with Gasteiger partial charge in [0, 0.05) is 31.8 Å². The number of ether oxygens (including phenoxy) is 4. The van der Waals surface area contributed by atoms with Crippen molar-refractivity contribution in [2.45, 2.75) is 31.9 Å². The number of methoxy groups -OCH3 is 3. The van der Waals surface area contributed by atoms with Crippen molar-refractivity contribution < 1.29 is 18.9 Å². The molecule has 1 atom stereocenters. The van der Waals surface area contributed by atoms with E-state index in [1.165, 1.54) is 0 Å². The number of hydrogen-bond acceptors (Lipinski definition) is 5. The second-order valence-corrected chi connectivity index (χ2v) is 5.52. The zero-order valence-electron chi connectivity index (χ0n) is 13.3. The van der Waals surface area contributed by atoms with Gasteiger partial charge in [0.15, 0.2) is 0 Å². The molecule has 118 valence electrons. The highest BCUT2D eigenvalue weighted by Gasteiger charge is 2.29. The first-order chi connectivity index (χ1) is 10.1. The summed E-state index contributed by atoms with van der Waals surface area (Å²) in [6, 6.07) is 3.74. The summed E-state index contributed by atoms with van der Waals surface area (Å²) in [7, 11) is 4.93. The quantitative estimate of drug-likeness (QED) is 0.837. The van der Waals surface area contributed by atoms with E-state index in [0.717, 1.165) is 48.8 Å². The molecule has 0 aliphatic carbocycles. The van der Waals surface area contributed by atoms with Crippen LogP contribution in [0.15, 0.2) is 12.1 Å². The van der Waals surface area contributed by atoms with Gasteiger partial charge in [-0.25, -0.2) is 0 Å². The second kappa shape index (κ2) is 7.00. The maximum atomic E-state index is 5.78. The first-order valence-corrected chi connectivity index (χ1v) is 7.25. The highest BCUT2D eigenvalue weighted by molar-refractivity contribution is 5.50. The maximum Gasteiger partial charge on any atom is 0.130 e. The van der Waals surface area contributed by atoms with Gasteiger partial charge in [-0.3, -0.25) is 0 Å². The molecule has 1 saturated heterocycles. The molecule has 1 aliphatic heterocycles. The molecule has 2 rings (SSSR count). The fourth-order valence-corrected chi connectivity index (χ4v) is 2.68. The summed E-state index contributed by atoms with van der Waals surface area (Å²) in [6.45, 7) is 4.48. The Labute approximate surface area is 126 Å². The minimum absolute atomic E-state index is 0.0626. The van der Waals surface area contributed by atoms with Crippen molar-refractivity contribution in [3.63, 3.8) is 0 Å². The molecule has 1 N–H and O–H groups in total. The van der Waals surface area contributed by atoms with E-state index in [0.29, 0.717) is 6.54 Å². The van der Waals surface area contributed by atoms with Crippen molar-refractivity contribution in [1.29, 1.82) is 0 Å². The molecule has 1 aliphatic rings. The maximum absolute atomic E-state index is 5.78. The molecule has 0 aromatic heterocycles. The molecule has 0 spiro atoms. The van der Waals surface area contributed by atoms with Crippen molar-refractivity contribution in [2.24, 2.45) is 0 Å². The van der Waals surface area contributed by atoms with E-state index in [1.54, 1.807) is 21.3 Å². The van der Waals surface area contributed by atoms with Crippen LogP contribution in [0.1, 0.15) is 25.3 Å². The van der Waals surface area contributed by atoms with Crippen LogP contribution in [0.2, 0.25) is 0 Å². The lowest BCUT2D eigenvalue weighted by atomic mass is 10.0. The second-order valence-electron chi connectivity index (χ2n) is 5.52. The summed E-state index contributed by atoms with van der Waals surface area (Å²) in [5.41, 5.74) is 0.926. The normalized spacial score (nSPS) is 21.3. The monoisotopic (exact) mass is 295 g/mol. The Hall–Kier alpha value is -1.46. The van der Waals surface area contributed by atoms with E-state index in [4.69, 9.17) is 18.9 Å². The average Bonchev–Trinajstić information content (AvgIpc) is 2.93. The number of hydrogen-bond donors (Lipinski definition) is 1. The summed E-state index contributed by atoms with van der Waals surface area (Å²) in [5, 5.41) is 3.45. The van der Waals surface area contributed by atoms with Gasteiger partial charge in [0.25, 0.3) is 0 Å². The Balaban J connectivity index is 2.07. The molecule has 21 heavy (non-hydrogen) atoms. The topological polar surface area (TPSA) is 49.0 Å². The van der Waals surface area contributed by atoms with Gasteiger partial charge in [0.1, 0.15) is 17.2 Å². The van der Waals surface area contributed by atoms with Gasteiger partial charge in [-0.2, -0.15) is 0 Å². The third-order valence-corrected chi connectivity index (χ3v) is 3.92. The van der Waals surface area contributed by atoms with Gasteiger partial charge in [0.05, 0.1) is 32.5 Å². The van der Waals surface area contributed by atoms with Crippen LogP contribution >= 0.6 is 0 Å². The summed E-state index contributed by atoms with van der Waals surface area (Å²) in [4.78, 5) is 0. The van der Waals surface area contributed by atoms with E-state index in [1.807, 2.05) is 12.1 Å². The molecule has 5 heteroatoms. The van der Waals surface area contributed by atoms with Crippen LogP contribution in [0.25, 0.3) is 0 Å². The summed E-state index contributed by atoms with van der Waals surface area (Å²) < 4.78 is 21.9. The van der Waals surface area contributed by atoms with Crippen molar-refractivity contribution in [3.05, 3.63) is 17.7 Å². The molecule has 1 aromatic carbocycles. The standard InChI is InChI=1S/C16H25NO4/c1-16(6-5-7-21-16)11-17-10-13-14(19-3)8-12(18-2)9-15(13)20-4/h8-9,17H,5-7,10-11H2,1-4H3. The largest absolute Gasteiger partial charge is 0.496 e. The van der Waals surface area contributed by atoms with Gasteiger partial charge in [-0.1, -0.05) is 0 Å². The SMILES string of the molecule is COc1cc(OC)c(CNCC2(C)CCCO2)c(OC)c1. The summed E-state index contributed by atoms with van der Waals surface area (Å²) in [6.07, 6.45) is 2.23. The zero-order chi connectivity index (χ0) is 15.3. The van der Waals surface area contributed by atoms with Crippen LogP contribution < -0.4 is 19.5 Å². The lowest BCUT2D eigenvalue weighted by molar-refractivity contribution is 0.0206. The highest BCUT2D eigenvalue weighted by Crippen LogP contribution is 2.34. The third-order valence-electron chi connectivity index (χ3n) is 3.92. The summed E-state index contributed by atoms with van der Waals surface area (Å²) >= 11 is 0. The van der Waals surface area contributed by atoms with Gasteiger partial charge >= 0.3 is 0 Å². The molecule has 1 fully saturated rings. The molecule has 0 saturated carbocycles. The van der Waals surface area contributed by atoms with E-state index in [9.17, 15) is 0 Å². The Morgan fingerprint density at radius 1 is 1.14 bits per heavy atom. The smallest absolute Gasteiger partial charge is 0.130 e. The predicted octanol–water partition coefficient (Wildman–Crippen LogP) is 2.37. The van der Waals surface area contributed by atoms with Crippen molar-refractivity contribution in [2.75, 3.05) is 34.5 Å². The van der Waals surface area contributed by atoms with Gasteiger partial charge in [-0.15, -0.1) is 0 Å². The molecule has 5 nitrogen and oxygen atoms in total. The van der Waals surface area contributed by atoms with Crippen LogP contribution in [-0.2, 0) is 11.3 Å². The van der Waals surface area contributed by atoms with E-state index in [2.05, 4.69) is 12.2 Å². The van der Waals surface area contributed by atoms with Crippen LogP contribution in [0.3, 0.4) is 0 Å². The Bertz CT molecular complexity index is 444. The molecule has 0 bridgehead atoms. The first kappa shape index (κ1) is 15.9. The minimum atomic E-state index is -0.0626. The minimum Gasteiger partial charge on any atom is -0.496 e. The number of benzene rings is 1. The van der Waals surface area contributed by atoms with Crippen molar-refractivity contribution >= 4 is 0 Å². The van der Waals surface area contributed by atoms with Gasteiger partial charge in [-0.05, 0) is 19.8 Å². The Morgan fingerprint density at radius 2 is 1.81 bits per heavy atom. The number of rotatable bonds is 7. The molecule has 0 amide bonds. The molecule has 1 unspecified atom stereocenters. The lowest BCUT2D eigenvalue weighted by Crippen LogP contribution is -2.36. The molecular formula is C16H25NO4. The van der Waals surface area contributed by atoms with Crippen molar-refractivity contribution in [1.82, 2.24) is 5.32 Å². The highest BCUT2D eigenvalue weighted by atomic mass is 16.5. The Kier molecular flexibility index (Phi) is 5.31.